The van der Waals surface area contributed by atoms with E-state index in [2.05, 4.69) is 133 Å². The Hall–Kier alpha value is -3.74. The number of nitrogens with zero attached hydrogens (tertiary/aromatic N) is 1. The molecule has 0 aliphatic carbocycles. The first-order valence-corrected chi connectivity index (χ1v) is 14.0. The summed E-state index contributed by atoms with van der Waals surface area (Å²) in [5, 5.41) is 6.07. The van der Waals surface area contributed by atoms with E-state index in [0.717, 1.165) is 29.4 Å². The summed E-state index contributed by atoms with van der Waals surface area (Å²) < 4.78 is 0. The second-order valence-corrected chi connectivity index (χ2v) is 12.6. The van der Waals surface area contributed by atoms with E-state index in [9.17, 15) is 4.79 Å². The molecule has 170 valence electrons. The monoisotopic (exact) mass is 472 g/mol. The topological polar surface area (TPSA) is 20.3 Å². The molecule has 35 heavy (non-hydrogen) atoms. The lowest BCUT2D eigenvalue weighted by Gasteiger charge is -2.32. The van der Waals surface area contributed by atoms with Gasteiger partial charge in [0.1, 0.15) is 23.2 Å². The van der Waals surface area contributed by atoms with Gasteiger partial charge in [0.05, 0.1) is 5.69 Å². The van der Waals surface area contributed by atoms with Crippen LogP contribution in [0.5, 0.6) is 0 Å². The van der Waals surface area contributed by atoms with Crippen LogP contribution in [0, 0.1) is 0 Å². The smallest absolute Gasteiger partial charge is 0.269 e. The van der Waals surface area contributed by atoms with Gasteiger partial charge in [0.25, 0.3) is 5.91 Å². The molecule has 3 heteroatoms. The van der Waals surface area contributed by atoms with Crippen LogP contribution in [-0.2, 0) is 4.79 Å². The summed E-state index contributed by atoms with van der Waals surface area (Å²) in [6, 6.07) is 46.8. The number of carbonyl (C=O) groups excluding carboxylic acids is 1. The van der Waals surface area contributed by atoms with E-state index in [1.807, 2.05) is 4.90 Å². The van der Waals surface area contributed by atoms with Crippen LogP contribution in [0.3, 0.4) is 0 Å². The van der Waals surface area contributed by atoms with Gasteiger partial charge in [-0.1, -0.05) is 91.0 Å². The summed E-state index contributed by atoms with van der Waals surface area (Å²) in [5.74, 6) is 0.228. The molecular weight excluding hydrogens is 445 g/mol. The first-order chi connectivity index (χ1) is 17.3. The third-order valence-electron chi connectivity index (χ3n) is 7.19. The van der Waals surface area contributed by atoms with Gasteiger partial charge in [-0.05, 0) is 47.9 Å². The molecule has 5 aromatic rings. The number of fused-ring (bicyclic) bond motifs is 1. The Bertz CT molecular complexity index is 1370. The average molecular weight is 473 g/mol. The fourth-order valence-corrected chi connectivity index (χ4v) is 10.6. The van der Waals surface area contributed by atoms with Gasteiger partial charge in [0, 0.05) is 18.4 Å². The predicted molar refractivity (Wildman–Crippen MR) is 150 cm³/mol. The molecule has 1 aliphatic rings. The average Bonchev–Trinajstić information content (AvgIpc) is 3.32. The lowest BCUT2D eigenvalue weighted by atomic mass is 10.1. The van der Waals surface area contributed by atoms with Crippen molar-refractivity contribution in [1.82, 2.24) is 0 Å². The summed E-state index contributed by atoms with van der Waals surface area (Å²) in [7, 11) is -2.27. The standard InChI is InChI=1S/C32H27NOP/c34-32-31(23-24-33(32)30-22-12-14-25-13-10-11-21-29(25)30)35(26-15-4-1-5-16-26,27-17-6-2-7-18-27)28-19-8-3-9-20-28/h1-22,31H,23-24H2/q+1. The molecule has 6 rings (SSSR count). The Morgan fingerprint density at radius 2 is 1.06 bits per heavy atom. The third kappa shape index (κ3) is 3.57. The summed E-state index contributed by atoms with van der Waals surface area (Å²) in [5.41, 5.74) is 0.900. The van der Waals surface area contributed by atoms with Crippen molar-refractivity contribution < 1.29 is 4.79 Å². The third-order valence-corrected chi connectivity index (χ3v) is 11.9. The lowest BCUT2D eigenvalue weighted by molar-refractivity contribution is -0.116. The zero-order valence-corrected chi connectivity index (χ0v) is 20.4. The van der Waals surface area contributed by atoms with E-state index in [1.54, 1.807) is 0 Å². The van der Waals surface area contributed by atoms with Crippen LogP contribution in [0.2, 0.25) is 0 Å². The second-order valence-electron chi connectivity index (χ2n) is 9.02. The Morgan fingerprint density at radius 1 is 0.571 bits per heavy atom. The molecule has 1 atom stereocenters. The SMILES string of the molecule is O=C1C([P+](c2ccccc2)(c2ccccc2)c2ccccc2)CCN1c1cccc2ccccc12. The molecule has 0 N–H and O–H groups in total. The zero-order valence-electron chi connectivity index (χ0n) is 19.5. The highest BCUT2D eigenvalue weighted by Crippen LogP contribution is 2.62. The van der Waals surface area contributed by atoms with E-state index in [1.165, 1.54) is 15.9 Å². The Kier molecular flexibility index (Phi) is 5.68. The summed E-state index contributed by atoms with van der Waals surface area (Å²) in [6.45, 7) is 0.728. The molecule has 0 bridgehead atoms. The van der Waals surface area contributed by atoms with E-state index >= 15 is 0 Å². The first-order valence-electron chi connectivity index (χ1n) is 12.1. The number of anilines is 1. The highest BCUT2D eigenvalue weighted by atomic mass is 31.2. The Morgan fingerprint density at radius 3 is 1.63 bits per heavy atom. The molecular formula is C32H27NOP+. The molecule has 0 aromatic heterocycles. The zero-order chi connectivity index (χ0) is 23.7. The molecule has 1 unspecified atom stereocenters. The van der Waals surface area contributed by atoms with Crippen LogP contribution in [0.25, 0.3) is 10.8 Å². The maximum absolute atomic E-state index is 14.5. The molecule has 2 nitrogen and oxygen atoms in total. The van der Waals surface area contributed by atoms with Crippen molar-refractivity contribution in [3.05, 3.63) is 133 Å². The number of rotatable bonds is 5. The van der Waals surface area contributed by atoms with Crippen LogP contribution >= 0.6 is 7.26 Å². The molecule has 5 aromatic carbocycles. The van der Waals surface area contributed by atoms with Gasteiger partial charge in [0.15, 0.2) is 5.66 Å². The Balaban J connectivity index is 1.57. The first kappa shape index (κ1) is 21.8. The lowest BCUT2D eigenvalue weighted by Crippen LogP contribution is -2.42. The Labute approximate surface area is 207 Å². The fourth-order valence-electron chi connectivity index (χ4n) is 5.68. The summed E-state index contributed by atoms with van der Waals surface area (Å²) in [4.78, 5) is 16.5. The minimum absolute atomic E-state index is 0.117. The van der Waals surface area contributed by atoms with Crippen molar-refractivity contribution >= 4 is 45.5 Å². The minimum atomic E-state index is -2.27. The van der Waals surface area contributed by atoms with E-state index < -0.39 is 7.26 Å². The van der Waals surface area contributed by atoms with Crippen molar-refractivity contribution in [2.24, 2.45) is 0 Å². The normalized spacial score (nSPS) is 16.1. The van der Waals surface area contributed by atoms with Gasteiger partial charge in [-0.25, -0.2) is 0 Å². The van der Waals surface area contributed by atoms with E-state index in [4.69, 9.17) is 0 Å². The van der Waals surface area contributed by atoms with Crippen molar-refractivity contribution in [3.8, 4) is 0 Å². The molecule has 1 amide bonds. The maximum atomic E-state index is 14.5. The number of carbonyl (C=O) groups is 1. The van der Waals surface area contributed by atoms with Crippen molar-refractivity contribution in [1.29, 1.82) is 0 Å². The number of hydrogen-bond acceptors (Lipinski definition) is 1. The van der Waals surface area contributed by atoms with Gasteiger partial charge < -0.3 is 4.90 Å². The molecule has 1 aliphatic heterocycles. The second kappa shape index (κ2) is 9.13. The molecule has 1 saturated heterocycles. The summed E-state index contributed by atoms with van der Waals surface area (Å²) in [6.07, 6.45) is 0.828. The van der Waals surface area contributed by atoms with Gasteiger partial charge >= 0.3 is 0 Å². The van der Waals surface area contributed by atoms with E-state index in [-0.39, 0.29) is 11.6 Å². The molecule has 0 radical (unpaired) electrons. The molecule has 0 spiro atoms. The largest absolute Gasteiger partial charge is 0.308 e. The summed E-state index contributed by atoms with van der Waals surface area (Å²) >= 11 is 0. The van der Waals surface area contributed by atoms with Gasteiger partial charge in [0.2, 0.25) is 0 Å². The predicted octanol–water partition coefficient (Wildman–Crippen LogP) is 5.94. The van der Waals surface area contributed by atoms with Crippen LogP contribution in [0.1, 0.15) is 6.42 Å². The van der Waals surface area contributed by atoms with Gasteiger partial charge in [-0.3, -0.25) is 4.79 Å². The van der Waals surface area contributed by atoms with Gasteiger partial charge in [-0.15, -0.1) is 0 Å². The quantitative estimate of drug-likeness (QED) is 0.290. The molecule has 1 heterocycles. The number of hydrogen-bond donors (Lipinski definition) is 0. The van der Waals surface area contributed by atoms with E-state index in [0.29, 0.717) is 0 Å². The van der Waals surface area contributed by atoms with Crippen LogP contribution in [-0.4, -0.2) is 18.1 Å². The maximum Gasteiger partial charge on any atom is 0.269 e. The highest BCUT2D eigenvalue weighted by Gasteiger charge is 2.58. The van der Waals surface area contributed by atoms with Crippen LogP contribution < -0.4 is 20.8 Å². The number of amides is 1. The van der Waals surface area contributed by atoms with Crippen molar-refractivity contribution in [2.45, 2.75) is 12.1 Å². The van der Waals surface area contributed by atoms with Crippen LogP contribution in [0.15, 0.2) is 133 Å². The van der Waals surface area contributed by atoms with Crippen molar-refractivity contribution in [2.75, 3.05) is 11.4 Å². The van der Waals surface area contributed by atoms with Gasteiger partial charge in [-0.2, -0.15) is 0 Å². The van der Waals surface area contributed by atoms with Crippen LogP contribution in [0.4, 0.5) is 5.69 Å². The molecule has 0 saturated carbocycles. The highest BCUT2D eigenvalue weighted by molar-refractivity contribution is 7.97. The fraction of sp³-hybridized carbons (Fsp3) is 0.0938. The van der Waals surface area contributed by atoms with Crippen molar-refractivity contribution in [3.63, 3.8) is 0 Å². The molecule has 1 fully saturated rings. The minimum Gasteiger partial charge on any atom is -0.308 e. The number of benzene rings is 5.